The number of carbonyl (C=O) groups is 2. The maximum absolute atomic E-state index is 11.0. The molecular formula is C42H67BrKO6P. The van der Waals surface area contributed by atoms with Gasteiger partial charge in [0.05, 0.1) is 13.2 Å². The fourth-order valence-electron chi connectivity index (χ4n) is 3.63. The average molecular weight is 818 g/mol. The Morgan fingerprint density at radius 3 is 1.29 bits per heavy atom. The van der Waals surface area contributed by atoms with Crippen molar-refractivity contribution in [3.8, 4) is 0 Å². The van der Waals surface area contributed by atoms with E-state index in [4.69, 9.17) is 14.6 Å². The minimum absolute atomic E-state index is 0. The molecule has 0 unspecified atom stereocenters. The Balaban J connectivity index is -0.000000149. The van der Waals surface area contributed by atoms with Crippen LogP contribution in [0.15, 0.2) is 127 Å². The van der Waals surface area contributed by atoms with E-state index in [-0.39, 0.29) is 92.6 Å². The minimum Gasteiger partial charge on any atom is 1.00 e. The molecule has 0 aliphatic rings. The molecule has 6 nitrogen and oxygen atoms in total. The van der Waals surface area contributed by atoms with Gasteiger partial charge < -0.3 is 19.7 Å². The van der Waals surface area contributed by atoms with Crippen LogP contribution < -0.4 is 72.4 Å². The molecule has 0 aliphatic heterocycles. The second-order valence-corrected chi connectivity index (χ2v) is 19.8. The Morgan fingerprint density at radius 1 is 0.765 bits per heavy atom. The van der Waals surface area contributed by atoms with Crippen molar-refractivity contribution in [3.05, 3.63) is 127 Å². The predicted molar refractivity (Wildman–Crippen MR) is 225 cm³/mol. The zero-order valence-corrected chi connectivity index (χ0v) is 35.9. The number of hydrogen-bond acceptors (Lipinski definition) is 6. The van der Waals surface area contributed by atoms with Crippen LogP contribution in [-0.4, -0.2) is 47.6 Å². The Bertz CT molecular complexity index is 1220. The third-order valence-corrected chi connectivity index (χ3v) is 15.0. The van der Waals surface area contributed by atoms with E-state index < -0.39 is 10.9 Å². The number of benzene rings is 3. The van der Waals surface area contributed by atoms with Gasteiger partial charge in [-0.25, -0.2) is 4.79 Å². The number of aliphatic hydroxyl groups is 2. The monoisotopic (exact) mass is 816 g/mol. The number of esters is 1. The van der Waals surface area contributed by atoms with Crippen LogP contribution in [0.2, 0.25) is 0 Å². The van der Waals surface area contributed by atoms with E-state index in [9.17, 15) is 15.0 Å². The Kier molecular flexibility index (Phi) is 42.8. The largest absolute Gasteiger partial charge is 1.00 e. The molecule has 0 spiro atoms. The zero-order chi connectivity index (χ0) is 36.2. The molecule has 0 radical (unpaired) electrons. The van der Waals surface area contributed by atoms with E-state index in [0.29, 0.717) is 12.2 Å². The molecule has 3 aromatic rings. The van der Waals surface area contributed by atoms with Crippen LogP contribution in [0.3, 0.4) is 0 Å². The molecule has 0 amide bonds. The van der Waals surface area contributed by atoms with Gasteiger partial charge >= 0.3 is 197 Å². The van der Waals surface area contributed by atoms with Crippen molar-refractivity contribution in [3.63, 3.8) is 0 Å². The summed E-state index contributed by atoms with van der Waals surface area (Å²) in [6.45, 7) is 14.4. The van der Waals surface area contributed by atoms with Gasteiger partial charge in [-0.2, -0.15) is 0 Å². The van der Waals surface area contributed by atoms with E-state index in [2.05, 4.69) is 51.9 Å². The molecule has 0 atom stereocenters. The van der Waals surface area contributed by atoms with Gasteiger partial charge in [-0.05, 0) is 41.0 Å². The van der Waals surface area contributed by atoms with Gasteiger partial charge in [0.1, 0.15) is 6.29 Å². The van der Waals surface area contributed by atoms with E-state index in [1.165, 1.54) is 6.92 Å². The molecule has 0 heterocycles. The standard InChI is InChI=1S/C19H18BrOP.C10H16O2.C4H9O.C4H8O.C2H4O.3CH4.K/c20-22(16-21,17-10-4-1-5-11-17,18-12-6-2-7-13-18)19-14-8-3-9-15-19;1-4-6-7-8-12-10(11)9(3)5-2;1-4(2,3)5;1-2-3-4-5;1-2-3;;;;/h1-15,21H,16H2;4-6H,7-8H2,1-3H3;1-3H3;2-3,5H,4H2,1H3;2H,1H3;3*1H4;/q;;-1;;;;;;+1/b;6-4+,9-5+;;3-2+;;;;;. The maximum atomic E-state index is 11.0. The summed E-state index contributed by atoms with van der Waals surface area (Å²) in [4.78, 5) is 19.8. The number of hydrogen-bond donors (Lipinski definition) is 2. The second kappa shape index (κ2) is 35.5. The van der Waals surface area contributed by atoms with Gasteiger partial charge in [-0.15, -0.1) is 5.60 Å². The molecule has 2 N–H and O–H groups in total. The number of carbonyl (C=O) groups excluding carboxylic acids is 2. The number of aliphatic hydroxyl groups excluding tert-OH is 2. The van der Waals surface area contributed by atoms with E-state index in [0.717, 1.165) is 28.6 Å². The number of rotatable bonds is 9. The summed E-state index contributed by atoms with van der Waals surface area (Å²) in [5.41, 5.74) is -0.0875. The van der Waals surface area contributed by atoms with Crippen molar-refractivity contribution < 1.29 is 81.0 Å². The zero-order valence-electron chi connectivity index (χ0n) is 30.3. The van der Waals surface area contributed by atoms with Gasteiger partial charge in [0.25, 0.3) is 0 Å². The van der Waals surface area contributed by atoms with Gasteiger partial charge in [0.2, 0.25) is 0 Å². The second-order valence-electron chi connectivity index (χ2n) is 10.9. The first kappa shape index (κ1) is 61.5. The molecule has 0 aromatic heterocycles. The normalized spacial score (nSPS) is 11.0. The molecule has 0 fully saturated rings. The van der Waals surface area contributed by atoms with Gasteiger partial charge in [-0.1, -0.05) is 73.4 Å². The van der Waals surface area contributed by atoms with Crippen LogP contribution >= 0.6 is 20.8 Å². The summed E-state index contributed by atoms with van der Waals surface area (Å²) in [7, 11) is 0. The molecule has 0 bridgehead atoms. The van der Waals surface area contributed by atoms with E-state index >= 15 is 0 Å². The first-order valence-electron chi connectivity index (χ1n) is 15.5. The number of allylic oxidation sites excluding steroid dienone is 3. The molecule has 3 rings (SSSR count). The average Bonchev–Trinajstić information content (AvgIpc) is 3.08. The number of ether oxygens (including phenoxy) is 1. The van der Waals surface area contributed by atoms with Crippen molar-refractivity contribution in [1.82, 2.24) is 0 Å². The van der Waals surface area contributed by atoms with Gasteiger partial charge in [0, 0.05) is 5.57 Å². The molecule has 0 saturated heterocycles. The third kappa shape index (κ3) is 25.2. The van der Waals surface area contributed by atoms with Gasteiger partial charge in [-0.3, -0.25) is 0 Å². The van der Waals surface area contributed by atoms with Crippen LogP contribution in [0.1, 0.15) is 84.1 Å². The SMILES string of the molecule is C.C.C.C/C=C/CCOC(=O)/C(C)=C/C.C/C=C/CO.CC(C)(C)[O-].CC=O.OCP(Br)(c1ccccc1)(c1ccccc1)c1ccccc1.[K+]. The predicted octanol–water partition coefficient (Wildman–Crippen LogP) is 6.06. The Morgan fingerprint density at radius 2 is 1.08 bits per heavy atom. The van der Waals surface area contributed by atoms with Crippen LogP contribution in [-0.2, 0) is 14.3 Å². The summed E-state index contributed by atoms with van der Waals surface area (Å²) in [5, 5.41) is 29.1. The van der Waals surface area contributed by atoms with Crippen molar-refractivity contribution in [2.75, 3.05) is 19.6 Å². The van der Waals surface area contributed by atoms with Crippen LogP contribution in [0.25, 0.3) is 0 Å². The number of aldehydes is 1. The smallest absolute Gasteiger partial charge is 1.00 e. The quantitative estimate of drug-likeness (QED) is 0.0518. The van der Waals surface area contributed by atoms with Crippen molar-refractivity contribution in [1.29, 1.82) is 0 Å². The summed E-state index contributed by atoms with van der Waals surface area (Å²) < 4.78 is 4.94. The molecule has 3 aromatic carbocycles. The maximum Gasteiger partial charge on any atom is 1.00 e. The van der Waals surface area contributed by atoms with Gasteiger partial charge in [0.15, 0.2) is 0 Å². The number of halogens is 1. The first-order chi connectivity index (χ1) is 22.2. The Labute approximate surface area is 362 Å². The fraction of sp³-hybridized carbons (Fsp3) is 0.381. The molecule has 284 valence electrons. The topological polar surface area (TPSA) is 107 Å². The summed E-state index contributed by atoms with van der Waals surface area (Å²) in [5.74, 6) is -0.220. The van der Waals surface area contributed by atoms with E-state index in [1.807, 2.05) is 87.5 Å². The van der Waals surface area contributed by atoms with Crippen LogP contribution in [0.5, 0.6) is 0 Å². The van der Waals surface area contributed by atoms with Crippen molar-refractivity contribution >= 4 is 49.0 Å². The summed E-state index contributed by atoms with van der Waals surface area (Å²) >= 11 is 4.10. The minimum atomic E-state index is -3.03. The third-order valence-electron chi connectivity index (χ3n) is 6.00. The molecule has 0 saturated carbocycles. The fourth-order valence-corrected chi connectivity index (χ4v) is 9.53. The molecular weight excluding hydrogens is 750 g/mol. The molecule has 9 heteroatoms. The van der Waals surface area contributed by atoms with Crippen molar-refractivity contribution in [2.45, 2.75) is 89.7 Å². The Hall–Kier alpha value is -1.55. The van der Waals surface area contributed by atoms with Crippen LogP contribution in [0, 0.1) is 0 Å². The first-order valence-corrected chi connectivity index (χ1v) is 19.9. The molecule has 51 heavy (non-hydrogen) atoms. The van der Waals surface area contributed by atoms with Crippen molar-refractivity contribution in [2.24, 2.45) is 0 Å². The summed E-state index contributed by atoms with van der Waals surface area (Å²) in [6.07, 6.45) is 10.7. The summed E-state index contributed by atoms with van der Waals surface area (Å²) in [6, 6.07) is 30.8. The van der Waals surface area contributed by atoms with Crippen LogP contribution in [0.4, 0.5) is 0 Å². The molecule has 0 aliphatic carbocycles. The van der Waals surface area contributed by atoms with E-state index in [1.54, 1.807) is 45.9 Å².